The van der Waals surface area contributed by atoms with Crippen LogP contribution in [0.2, 0.25) is 0 Å². The Morgan fingerprint density at radius 3 is 2.85 bits per heavy atom. The van der Waals surface area contributed by atoms with Crippen LogP contribution < -0.4 is 4.52 Å². The van der Waals surface area contributed by atoms with Gasteiger partial charge in [-0.1, -0.05) is 19.1 Å². The number of hydrogen-bond donors (Lipinski definition) is 0. The van der Waals surface area contributed by atoms with E-state index in [9.17, 15) is 4.57 Å². The van der Waals surface area contributed by atoms with Gasteiger partial charge in [-0.25, -0.2) is 0 Å². The zero-order valence-electron chi connectivity index (χ0n) is 7.99. The highest BCUT2D eigenvalue weighted by molar-refractivity contribution is 7.39. The summed E-state index contributed by atoms with van der Waals surface area (Å²) in [6.07, 6.45) is 1.52. The molecule has 0 radical (unpaired) electrons. The molecule has 0 spiro atoms. The average Bonchev–Trinajstić information content (AvgIpc) is 2.04. The molecular formula is C10H14O2P+. The molecule has 0 heterocycles. The molecule has 0 saturated heterocycles. The first-order chi connectivity index (χ1) is 6.22. The van der Waals surface area contributed by atoms with Crippen LogP contribution in [0.3, 0.4) is 0 Å². The number of aryl methyl sites for hydroxylation is 1. The van der Waals surface area contributed by atoms with Crippen molar-refractivity contribution in [3.8, 4) is 5.75 Å². The molecule has 1 unspecified atom stereocenters. The molecule has 0 aliphatic rings. The Morgan fingerprint density at radius 1 is 1.46 bits per heavy atom. The van der Waals surface area contributed by atoms with Gasteiger partial charge in [0.1, 0.15) is 0 Å². The van der Waals surface area contributed by atoms with E-state index in [2.05, 4.69) is 0 Å². The van der Waals surface area contributed by atoms with Gasteiger partial charge >= 0.3 is 8.03 Å². The summed E-state index contributed by atoms with van der Waals surface area (Å²) in [7, 11) is -1.52. The third kappa shape index (κ3) is 3.56. The van der Waals surface area contributed by atoms with Gasteiger partial charge in [0.25, 0.3) is 0 Å². The summed E-state index contributed by atoms with van der Waals surface area (Å²) in [5, 5.41) is 0. The highest BCUT2D eigenvalue weighted by Crippen LogP contribution is 2.27. The lowest BCUT2D eigenvalue weighted by atomic mass is 10.2. The lowest BCUT2D eigenvalue weighted by Gasteiger charge is -1.94. The van der Waals surface area contributed by atoms with Gasteiger partial charge in [0.05, 0.1) is 0 Å². The largest absolute Gasteiger partial charge is 0.555 e. The highest BCUT2D eigenvalue weighted by Gasteiger charge is 2.16. The molecule has 3 heteroatoms. The second-order valence-corrected chi connectivity index (χ2v) is 4.26. The fourth-order valence-corrected chi connectivity index (χ4v) is 1.82. The molecule has 2 nitrogen and oxygen atoms in total. The summed E-state index contributed by atoms with van der Waals surface area (Å²) < 4.78 is 16.5. The molecular weight excluding hydrogens is 183 g/mol. The fourth-order valence-electron chi connectivity index (χ4n) is 1.02. The first-order valence-corrected chi connectivity index (χ1v) is 5.78. The molecule has 13 heavy (non-hydrogen) atoms. The van der Waals surface area contributed by atoms with Crippen molar-refractivity contribution >= 4 is 8.03 Å². The van der Waals surface area contributed by atoms with Crippen LogP contribution in [0.5, 0.6) is 5.75 Å². The zero-order chi connectivity index (χ0) is 9.68. The van der Waals surface area contributed by atoms with Crippen LogP contribution in [-0.4, -0.2) is 6.16 Å². The molecule has 0 amide bonds. The zero-order valence-corrected chi connectivity index (χ0v) is 8.88. The predicted octanol–water partition coefficient (Wildman–Crippen LogP) is 3.53. The van der Waals surface area contributed by atoms with Gasteiger partial charge < -0.3 is 0 Å². The monoisotopic (exact) mass is 197 g/mol. The smallest absolute Gasteiger partial charge is 0.254 e. The highest BCUT2D eigenvalue weighted by atomic mass is 31.1. The molecule has 1 aromatic carbocycles. The van der Waals surface area contributed by atoms with E-state index >= 15 is 0 Å². The third-order valence-electron chi connectivity index (χ3n) is 1.60. The second kappa shape index (κ2) is 4.98. The summed E-state index contributed by atoms with van der Waals surface area (Å²) in [5.74, 6) is 0.703. The topological polar surface area (TPSA) is 26.3 Å². The molecule has 1 aromatic rings. The van der Waals surface area contributed by atoms with Crippen molar-refractivity contribution in [2.24, 2.45) is 0 Å². The Labute approximate surface area is 79.8 Å². The third-order valence-corrected chi connectivity index (χ3v) is 2.83. The van der Waals surface area contributed by atoms with Crippen LogP contribution in [0.4, 0.5) is 0 Å². The summed E-state index contributed by atoms with van der Waals surface area (Å²) in [6.45, 7) is 3.98. The molecule has 0 aliphatic heterocycles. The van der Waals surface area contributed by atoms with E-state index in [1.807, 2.05) is 38.1 Å². The number of rotatable bonds is 4. The van der Waals surface area contributed by atoms with Crippen molar-refractivity contribution in [1.82, 2.24) is 0 Å². The summed E-state index contributed by atoms with van der Waals surface area (Å²) in [6, 6.07) is 7.61. The molecule has 0 N–H and O–H groups in total. The maximum atomic E-state index is 11.2. The van der Waals surface area contributed by atoms with Crippen molar-refractivity contribution < 1.29 is 9.09 Å². The SMILES string of the molecule is CCC[P+](=O)Oc1cccc(C)c1. The Kier molecular flexibility index (Phi) is 3.91. The Bertz CT molecular complexity index is 297. The molecule has 0 aliphatic carbocycles. The molecule has 0 fully saturated rings. The van der Waals surface area contributed by atoms with Gasteiger partial charge in [0.15, 0.2) is 11.9 Å². The fraction of sp³-hybridized carbons (Fsp3) is 0.400. The standard InChI is InChI=1S/C10H14O2P/c1-3-7-13(11)12-10-6-4-5-9(2)8-10/h4-6,8H,3,7H2,1-2H3/q+1. The van der Waals surface area contributed by atoms with Crippen molar-refractivity contribution in [2.75, 3.05) is 6.16 Å². The van der Waals surface area contributed by atoms with Crippen LogP contribution in [0.1, 0.15) is 18.9 Å². The number of benzene rings is 1. The lowest BCUT2D eigenvalue weighted by Crippen LogP contribution is -1.85. The Hall–Kier alpha value is -0.880. The van der Waals surface area contributed by atoms with E-state index in [-0.39, 0.29) is 0 Å². The quantitative estimate of drug-likeness (QED) is 0.690. The van der Waals surface area contributed by atoms with Gasteiger partial charge in [-0.15, -0.1) is 0 Å². The van der Waals surface area contributed by atoms with Crippen LogP contribution in [-0.2, 0) is 4.57 Å². The van der Waals surface area contributed by atoms with Crippen molar-refractivity contribution in [1.29, 1.82) is 0 Å². The predicted molar refractivity (Wildman–Crippen MR) is 54.6 cm³/mol. The average molecular weight is 197 g/mol. The van der Waals surface area contributed by atoms with E-state index in [0.29, 0.717) is 11.9 Å². The van der Waals surface area contributed by atoms with Gasteiger partial charge in [-0.05, 0) is 35.6 Å². The minimum atomic E-state index is -1.52. The van der Waals surface area contributed by atoms with E-state index in [0.717, 1.165) is 12.0 Å². The van der Waals surface area contributed by atoms with Crippen LogP contribution in [0.25, 0.3) is 0 Å². The Balaban J connectivity index is 2.58. The Morgan fingerprint density at radius 2 is 2.23 bits per heavy atom. The number of hydrogen-bond acceptors (Lipinski definition) is 2. The second-order valence-electron chi connectivity index (χ2n) is 2.96. The molecule has 0 aromatic heterocycles. The van der Waals surface area contributed by atoms with Gasteiger partial charge in [-0.2, -0.15) is 0 Å². The molecule has 70 valence electrons. The summed E-state index contributed by atoms with van der Waals surface area (Å²) in [5.41, 5.74) is 1.12. The summed E-state index contributed by atoms with van der Waals surface area (Å²) >= 11 is 0. The van der Waals surface area contributed by atoms with Crippen molar-refractivity contribution in [2.45, 2.75) is 20.3 Å². The molecule has 1 atom stereocenters. The van der Waals surface area contributed by atoms with Crippen LogP contribution in [0, 0.1) is 6.92 Å². The van der Waals surface area contributed by atoms with Crippen LogP contribution in [0.15, 0.2) is 24.3 Å². The maximum Gasteiger partial charge on any atom is 0.555 e. The van der Waals surface area contributed by atoms with E-state index in [1.54, 1.807) is 0 Å². The first kappa shape index (κ1) is 10.2. The minimum absolute atomic E-state index is 0.628. The van der Waals surface area contributed by atoms with Gasteiger partial charge in [0.2, 0.25) is 0 Å². The molecule has 1 rings (SSSR count). The van der Waals surface area contributed by atoms with Crippen molar-refractivity contribution in [3.63, 3.8) is 0 Å². The summed E-state index contributed by atoms with van der Waals surface area (Å²) in [4.78, 5) is 0. The van der Waals surface area contributed by atoms with Gasteiger partial charge in [-0.3, -0.25) is 4.52 Å². The van der Waals surface area contributed by atoms with E-state index < -0.39 is 8.03 Å². The molecule has 0 saturated carbocycles. The first-order valence-electron chi connectivity index (χ1n) is 4.41. The van der Waals surface area contributed by atoms with Crippen molar-refractivity contribution in [3.05, 3.63) is 29.8 Å². The normalized spacial score (nSPS) is 11.1. The minimum Gasteiger partial charge on any atom is -0.254 e. The maximum absolute atomic E-state index is 11.2. The van der Waals surface area contributed by atoms with E-state index in [4.69, 9.17) is 4.52 Å². The lowest BCUT2D eigenvalue weighted by molar-refractivity contribution is 0.504. The molecule has 0 bridgehead atoms. The van der Waals surface area contributed by atoms with Gasteiger partial charge in [0, 0.05) is 0 Å². The van der Waals surface area contributed by atoms with E-state index in [1.165, 1.54) is 0 Å². The van der Waals surface area contributed by atoms with Crippen LogP contribution >= 0.6 is 8.03 Å².